The molecule has 8 nitrogen and oxygen atoms in total. The van der Waals surface area contributed by atoms with E-state index in [1.165, 1.54) is 18.2 Å². The van der Waals surface area contributed by atoms with Crippen LogP contribution >= 0.6 is 34.8 Å². The molecule has 4 rings (SSSR count). The monoisotopic (exact) mass is 586 g/mol. The lowest BCUT2D eigenvalue weighted by molar-refractivity contribution is -0.122. The first-order valence-corrected chi connectivity index (χ1v) is 13.2. The van der Waals surface area contributed by atoms with Gasteiger partial charge in [-0.2, -0.15) is 10.1 Å². The van der Waals surface area contributed by atoms with Gasteiger partial charge >= 0.3 is 0 Å². The van der Waals surface area contributed by atoms with Crippen molar-refractivity contribution in [2.24, 2.45) is 5.10 Å². The SMILES string of the molecule is CCC(Oc1ccc(C)cc1C)C(=O)Nc1cccc(C(=O)NC2=NN(c3cc(Cl)c(Cl)cc3Cl)C(=O)C2)c1. The van der Waals surface area contributed by atoms with Crippen molar-refractivity contribution in [1.82, 2.24) is 5.32 Å². The summed E-state index contributed by atoms with van der Waals surface area (Å²) >= 11 is 18.2. The van der Waals surface area contributed by atoms with Gasteiger partial charge in [-0.3, -0.25) is 14.4 Å². The molecule has 39 heavy (non-hydrogen) atoms. The van der Waals surface area contributed by atoms with Crippen molar-refractivity contribution in [3.63, 3.8) is 0 Å². The Kier molecular flexibility index (Phi) is 8.80. The molecular formula is C28H25Cl3N4O4. The lowest BCUT2D eigenvalue weighted by atomic mass is 10.1. The van der Waals surface area contributed by atoms with Gasteiger partial charge in [-0.25, -0.2) is 0 Å². The lowest BCUT2D eigenvalue weighted by Gasteiger charge is -2.19. The van der Waals surface area contributed by atoms with Gasteiger partial charge in [-0.1, -0.05) is 65.5 Å². The summed E-state index contributed by atoms with van der Waals surface area (Å²) in [4.78, 5) is 38.4. The minimum absolute atomic E-state index is 0.134. The molecule has 3 amide bonds. The number of halogens is 3. The first-order valence-electron chi connectivity index (χ1n) is 12.1. The number of amides is 3. The maximum absolute atomic E-state index is 12.9. The van der Waals surface area contributed by atoms with Crippen LogP contribution in [0, 0.1) is 13.8 Å². The van der Waals surface area contributed by atoms with E-state index in [0.717, 1.165) is 16.1 Å². The Labute approximate surface area is 240 Å². The number of ether oxygens (including phenoxy) is 1. The highest BCUT2D eigenvalue weighted by Crippen LogP contribution is 2.36. The largest absolute Gasteiger partial charge is 0.480 e. The standard InChI is InChI=1S/C28H25Cl3N4O4/c1-4-23(39-24-9-8-15(2)10-16(24)3)28(38)32-18-7-5-6-17(11-18)27(37)33-25-14-26(36)35(34-25)22-13-20(30)19(29)12-21(22)31/h5-13,23H,4,14H2,1-3H3,(H,32,38)(H,33,34,37). The Balaban J connectivity index is 1.43. The molecule has 0 radical (unpaired) electrons. The van der Waals surface area contributed by atoms with Gasteiger partial charge < -0.3 is 15.4 Å². The maximum atomic E-state index is 12.9. The maximum Gasteiger partial charge on any atom is 0.265 e. The average molecular weight is 588 g/mol. The Hall–Kier alpha value is -3.59. The van der Waals surface area contributed by atoms with Crippen molar-refractivity contribution >= 4 is 69.7 Å². The van der Waals surface area contributed by atoms with Crippen LogP contribution in [0.15, 0.2) is 59.7 Å². The van der Waals surface area contributed by atoms with Crippen LogP contribution in [0.1, 0.15) is 41.3 Å². The Morgan fingerprint density at radius 1 is 1.00 bits per heavy atom. The molecule has 0 bridgehead atoms. The molecule has 202 valence electrons. The number of amidine groups is 1. The summed E-state index contributed by atoms with van der Waals surface area (Å²) in [5.41, 5.74) is 2.97. The van der Waals surface area contributed by atoms with Crippen molar-refractivity contribution in [3.8, 4) is 5.75 Å². The summed E-state index contributed by atoms with van der Waals surface area (Å²) in [5.74, 6) is -0.470. The fourth-order valence-electron chi connectivity index (χ4n) is 3.93. The topological polar surface area (TPSA) is 100 Å². The zero-order chi connectivity index (χ0) is 28.3. The molecule has 0 fully saturated rings. The van der Waals surface area contributed by atoms with E-state index in [-0.39, 0.29) is 44.5 Å². The highest BCUT2D eigenvalue weighted by molar-refractivity contribution is 6.44. The van der Waals surface area contributed by atoms with Gasteiger partial charge in [0, 0.05) is 11.3 Å². The number of rotatable bonds is 7. The predicted molar refractivity (Wildman–Crippen MR) is 154 cm³/mol. The number of hydrazone groups is 1. The number of nitrogens with one attached hydrogen (secondary N) is 2. The molecule has 3 aromatic rings. The molecule has 0 aromatic heterocycles. The first-order chi connectivity index (χ1) is 18.5. The summed E-state index contributed by atoms with van der Waals surface area (Å²) in [6.45, 7) is 5.77. The molecule has 0 saturated carbocycles. The molecule has 1 unspecified atom stereocenters. The molecular weight excluding hydrogens is 563 g/mol. The molecule has 11 heteroatoms. The number of hydrogen-bond donors (Lipinski definition) is 2. The third-order valence-corrected chi connectivity index (χ3v) is 6.93. The normalized spacial score (nSPS) is 13.6. The van der Waals surface area contributed by atoms with E-state index in [0.29, 0.717) is 17.9 Å². The second-order valence-electron chi connectivity index (χ2n) is 8.95. The summed E-state index contributed by atoms with van der Waals surface area (Å²) < 4.78 is 5.96. The quantitative estimate of drug-likeness (QED) is 0.307. The van der Waals surface area contributed by atoms with Gasteiger partial charge in [0.1, 0.15) is 11.6 Å². The van der Waals surface area contributed by atoms with Crippen LogP contribution in [0.4, 0.5) is 11.4 Å². The van der Waals surface area contributed by atoms with Crippen LogP contribution in [0.25, 0.3) is 0 Å². The van der Waals surface area contributed by atoms with Crippen molar-refractivity contribution in [2.75, 3.05) is 10.3 Å². The third-order valence-electron chi connectivity index (χ3n) is 5.91. The summed E-state index contributed by atoms with van der Waals surface area (Å²) in [6.07, 6.45) is -0.416. The second-order valence-corrected chi connectivity index (χ2v) is 10.2. The minimum atomic E-state index is -0.720. The van der Waals surface area contributed by atoms with Crippen molar-refractivity contribution in [3.05, 3.63) is 86.4 Å². The number of carbonyl (C=O) groups is 3. The molecule has 0 aliphatic carbocycles. The second kappa shape index (κ2) is 12.1. The van der Waals surface area contributed by atoms with Crippen LogP contribution in [0.2, 0.25) is 15.1 Å². The van der Waals surface area contributed by atoms with E-state index in [1.807, 2.05) is 39.0 Å². The fraction of sp³-hybridized carbons (Fsp3) is 0.214. The Morgan fingerprint density at radius 2 is 1.74 bits per heavy atom. The van der Waals surface area contributed by atoms with Crippen LogP contribution in [0.3, 0.4) is 0 Å². The zero-order valence-electron chi connectivity index (χ0n) is 21.3. The lowest BCUT2D eigenvalue weighted by Crippen LogP contribution is -2.33. The first kappa shape index (κ1) is 28.4. The number of benzene rings is 3. The number of carbonyl (C=O) groups excluding carboxylic acids is 3. The van der Waals surface area contributed by atoms with E-state index in [9.17, 15) is 14.4 Å². The highest BCUT2D eigenvalue weighted by Gasteiger charge is 2.29. The molecule has 3 aromatic carbocycles. The molecule has 1 atom stereocenters. The average Bonchev–Trinajstić information content (AvgIpc) is 3.25. The van der Waals surface area contributed by atoms with E-state index in [4.69, 9.17) is 39.5 Å². The Bertz CT molecular complexity index is 1490. The van der Waals surface area contributed by atoms with Gasteiger partial charge in [-0.15, -0.1) is 0 Å². The van der Waals surface area contributed by atoms with Crippen LogP contribution in [-0.2, 0) is 9.59 Å². The fourth-order valence-corrected chi connectivity index (χ4v) is 4.55. The zero-order valence-corrected chi connectivity index (χ0v) is 23.6. The van der Waals surface area contributed by atoms with Crippen LogP contribution in [0.5, 0.6) is 5.75 Å². The summed E-state index contributed by atoms with van der Waals surface area (Å²) in [5, 5.41) is 11.3. The van der Waals surface area contributed by atoms with Gasteiger partial charge in [0.25, 0.3) is 17.7 Å². The van der Waals surface area contributed by atoms with E-state index >= 15 is 0 Å². The molecule has 0 saturated heterocycles. The summed E-state index contributed by atoms with van der Waals surface area (Å²) in [6, 6.07) is 15.0. The summed E-state index contributed by atoms with van der Waals surface area (Å²) in [7, 11) is 0. The molecule has 0 spiro atoms. The molecule has 1 aliphatic heterocycles. The number of nitrogens with zero attached hydrogens (tertiary/aromatic N) is 2. The van der Waals surface area contributed by atoms with Crippen LogP contribution in [-0.4, -0.2) is 29.7 Å². The molecule has 1 heterocycles. The van der Waals surface area contributed by atoms with E-state index < -0.39 is 17.9 Å². The highest BCUT2D eigenvalue weighted by atomic mass is 35.5. The minimum Gasteiger partial charge on any atom is -0.480 e. The van der Waals surface area contributed by atoms with E-state index in [1.54, 1.807) is 18.2 Å². The van der Waals surface area contributed by atoms with E-state index in [2.05, 4.69) is 15.7 Å². The number of hydrogen-bond acceptors (Lipinski definition) is 5. The van der Waals surface area contributed by atoms with Gasteiger partial charge in [0.05, 0.1) is 27.2 Å². The molecule has 1 aliphatic rings. The van der Waals surface area contributed by atoms with Gasteiger partial charge in [0.2, 0.25) is 0 Å². The smallest absolute Gasteiger partial charge is 0.265 e. The van der Waals surface area contributed by atoms with Crippen molar-refractivity contribution in [2.45, 2.75) is 39.7 Å². The Morgan fingerprint density at radius 3 is 2.46 bits per heavy atom. The van der Waals surface area contributed by atoms with Crippen molar-refractivity contribution in [1.29, 1.82) is 0 Å². The third kappa shape index (κ3) is 6.71. The predicted octanol–water partition coefficient (Wildman–Crippen LogP) is 6.54. The number of aryl methyl sites for hydroxylation is 2. The van der Waals surface area contributed by atoms with Gasteiger partial charge in [-0.05, 0) is 62.2 Å². The van der Waals surface area contributed by atoms with Crippen LogP contribution < -0.4 is 20.4 Å². The van der Waals surface area contributed by atoms with Gasteiger partial charge in [0.15, 0.2) is 6.10 Å². The number of anilines is 2. The molecule has 2 N–H and O–H groups in total. The van der Waals surface area contributed by atoms with Crippen molar-refractivity contribution < 1.29 is 19.1 Å².